The first-order valence-corrected chi connectivity index (χ1v) is 3.40. The van der Waals surface area contributed by atoms with Crippen molar-refractivity contribution < 1.29 is 13.2 Å². The van der Waals surface area contributed by atoms with Gasteiger partial charge in [0.2, 0.25) is 0 Å². The van der Waals surface area contributed by atoms with Crippen molar-refractivity contribution in [1.29, 1.82) is 5.26 Å². The van der Waals surface area contributed by atoms with E-state index in [1.807, 2.05) is 0 Å². The maximum absolute atomic E-state index is 12.2. The summed E-state index contributed by atoms with van der Waals surface area (Å²) in [5.41, 5.74) is -1.20. The van der Waals surface area contributed by atoms with Crippen molar-refractivity contribution in [2.75, 3.05) is 0 Å². The number of rotatable bonds is 0. The van der Waals surface area contributed by atoms with Gasteiger partial charge in [0.15, 0.2) is 0 Å². The summed E-state index contributed by atoms with van der Waals surface area (Å²) in [5, 5.41) is 8.34. The number of aromatic nitrogens is 1. The second-order valence-corrected chi connectivity index (χ2v) is 2.47. The van der Waals surface area contributed by atoms with Crippen molar-refractivity contribution in [3.63, 3.8) is 0 Å². The van der Waals surface area contributed by atoms with Crippen LogP contribution in [0.25, 0.3) is 0 Å². The van der Waals surface area contributed by atoms with Gasteiger partial charge < -0.3 is 0 Å². The lowest BCUT2D eigenvalue weighted by Gasteiger charge is -2.08. The van der Waals surface area contributed by atoms with Crippen LogP contribution < -0.4 is 0 Å². The molecular weight excluding hydrogens is 181 g/mol. The largest absolute Gasteiger partial charge is 0.433 e. The Bertz CT molecular complexity index is 363. The van der Waals surface area contributed by atoms with Crippen LogP contribution >= 0.6 is 0 Å². The van der Waals surface area contributed by atoms with Gasteiger partial charge >= 0.3 is 6.18 Å². The minimum Gasteiger partial charge on any atom is -0.232 e. The molecule has 0 aliphatic rings. The predicted octanol–water partition coefficient (Wildman–Crippen LogP) is 2.28. The molecule has 0 fully saturated rings. The first kappa shape index (κ1) is 9.52. The van der Waals surface area contributed by atoms with E-state index in [0.717, 1.165) is 0 Å². The van der Waals surface area contributed by atoms with Crippen molar-refractivity contribution in [3.8, 4) is 6.07 Å². The molecule has 1 aromatic rings. The standard InChI is InChI=1S/C8H5F3N2/c1-5-2-3-6(4-12)13-7(5)8(9,10)11/h2-3H,1H3. The number of aryl methyl sites for hydroxylation is 1. The summed E-state index contributed by atoms with van der Waals surface area (Å²) in [5.74, 6) is 0. The molecule has 0 aromatic carbocycles. The maximum atomic E-state index is 12.2. The fourth-order valence-electron chi connectivity index (χ4n) is 0.878. The van der Waals surface area contributed by atoms with Gasteiger partial charge in [0.1, 0.15) is 17.5 Å². The van der Waals surface area contributed by atoms with E-state index in [4.69, 9.17) is 5.26 Å². The third-order valence-corrected chi connectivity index (χ3v) is 1.48. The van der Waals surface area contributed by atoms with Crippen LogP contribution in [0.4, 0.5) is 13.2 Å². The Morgan fingerprint density at radius 2 is 2.00 bits per heavy atom. The molecule has 1 aromatic heterocycles. The summed E-state index contributed by atoms with van der Waals surface area (Å²) < 4.78 is 36.6. The van der Waals surface area contributed by atoms with Gasteiger partial charge in [-0.25, -0.2) is 4.98 Å². The number of nitrogens with zero attached hydrogens (tertiary/aromatic N) is 2. The van der Waals surface area contributed by atoms with E-state index in [0.29, 0.717) is 0 Å². The summed E-state index contributed by atoms with van der Waals surface area (Å²) in [6.45, 7) is 1.30. The van der Waals surface area contributed by atoms with Crippen LogP contribution in [0.1, 0.15) is 17.0 Å². The van der Waals surface area contributed by atoms with Gasteiger partial charge in [-0.2, -0.15) is 18.4 Å². The summed E-state index contributed by atoms with van der Waals surface area (Å²) in [4.78, 5) is 3.18. The van der Waals surface area contributed by atoms with Crippen LogP contribution in [0, 0.1) is 18.3 Å². The van der Waals surface area contributed by atoms with Gasteiger partial charge in [-0.15, -0.1) is 0 Å². The van der Waals surface area contributed by atoms with Gasteiger partial charge in [-0.05, 0) is 18.6 Å². The quantitative estimate of drug-likeness (QED) is 0.623. The fraction of sp³-hybridized carbons (Fsp3) is 0.250. The topological polar surface area (TPSA) is 36.7 Å². The number of hydrogen-bond acceptors (Lipinski definition) is 2. The van der Waals surface area contributed by atoms with Gasteiger partial charge in [-0.3, -0.25) is 0 Å². The Morgan fingerprint density at radius 3 is 2.46 bits per heavy atom. The first-order valence-electron chi connectivity index (χ1n) is 3.40. The average Bonchev–Trinajstić information content (AvgIpc) is 2.03. The molecule has 1 rings (SSSR count). The number of halogens is 3. The first-order chi connectivity index (χ1) is 5.95. The zero-order valence-electron chi connectivity index (χ0n) is 6.68. The van der Waals surface area contributed by atoms with Crippen molar-refractivity contribution >= 4 is 0 Å². The van der Waals surface area contributed by atoms with E-state index >= 15 is 0 Å². The lowest BCUT2D eigenvalue weighted by Crippen LogP contribution is -2.11. The second kappa shape index (κ2) is 3.05. The SMILES string of the molecule is Cc1ccc(C#N)nc1C(F)(F)F. The highest BCUT2D eigenvalue weighted by molar-refractivity contribution is 5.29. The fourth-order valence-corrected chi connectivity index (χ4v) is 0.878. The van der Waals surface area contributed by atoms with Crippen LogP contribution in [-0.4, -0.2) is 4.98 Å². The Balaban J connectivity index is 3.29. The zero-order chi connectivity index (χ0) is 10.1. The van der Waals surface area contributed by atoms with Crippen molar-refractivity contribution in [2.45, 2.75) is 13.1 Å². The molecule has 1 heterocycles. The number of pyridine rings is 1. The smallest absolute Gasteiger partial charge is 0.232 e. The highest BCUT2D eigenvalue weighted by Crippen LogP contribution is 2.29. The number of nitriles is 1. The normalized spacial score (nSPS) is 11.0. The number of hydrogen-bond donors (Lipinski definition) is 0. The average molecular weight is 186 g/mol. The van der Waals surface area contributed by atoms with E-state index in [1.165, 1.54) is 19.1 Å². The molecule has 0 spiro atoms. The molecule has 0 saturated heterocycles. The zero-order valence-corrected chi connectivity index (χ0v) is 6.68. The van der Waals surface area contributed by atoms with Crippen molar-refractivity contribution in [2.24, 2.45) is 0 Å². The van der Waals surface area contributed by atoms with Gasteiger partial charge in [-0.1, -0.05) is 6.07 Å². The highest BCUT2D eigenvalue weighted by Gasteiger charge is 2.34. The molecule has 0 amide bonds. The van der Waals surface area contributed by atoms with E-state index in [-0.39, 0.29) is 11.3 Å². The van der Waals surface area contributed by atoms with E-state index < -0.39 is 11.9 Å². The molecule has 68 valence electrons. The van der Waals surface area contributed by atoms with Crippen molar-refractivity contribution in [1.82, 2.24) is 4.98 Å². The van der Waals surface area contributed by atoms with E-state index in [9.17, 15) is 13.2 Å². The van der Waals surface area contributed by atoms with Gasteiger partial charge in [0, 0.05) is 0 Å². The molecule has 0 atom stereocenters. The number of alkyl halides is 3. The maximum Gasteiger partial charge on any atom is 0.433 e. The predicted molar refractivity (Wildman–Crippen MR) is 38.7 cm³/mol. The minimum absolute atomic E-state index is 0.0199. The summed E-state index contributed by atoms with van der Waals surface area (Å²) >= 11 is 0. The van der Waals surface area contributed by atoms with E-state index in [2.05, 4.69) is 4.98 Å². The van der Waals surface area contributed by atoms with Crippen LogP contribution in [0.3, 0.4) is 0 Å². The molecule has 5 heteroatoms. The Labute approximate surface area is 72.6 Å². The molecule has 0 aliphatic heterocycles. The highest BCUT2D eigenvalue weighted by atomic mass is 19.4. The summed E-state index contributed by atoms with van der Waals surface area (Å²) in [7, 11) is 0. The third-order valence-electron chi connectivity index (χ3n) is 1.48. The third kappa shape index (κ3) is 1.96. The molecule has 0 saturated carbocycles. The Morgan fingerprint density at radius 1 is 1.38 bits per heavy atom. The van der Waals surface area contributed by atoms with Crippen LogP contribution in [-0.2, 0) is 6.18 Å². The van der Waals surface area contributed by atoms with Crippen molar-refractivity contribution in [3.05, 3.63) is 29.1 Å². The molecule has 13 heavy (non-hydrogen) atoms. The van der Waals surface area contributed by atoms with Crippen LogP contribution in [0.2, 0.25) is 0 Å². The minimum atomic E-state index is -4.49. The molecule has 0 aliphatic carbocycles. The second-order valence-electron chi connectivity index (χ2n) is 2.47. The van der Waals surface area contributed by atoms with Crippen LogP contribution in [0.5, 0.6) is 0 Å². The van der Waals surface area contributed by atoms with Crippen LogP contribution in [0.15, 0.2) is 12.1 Å². The van der Waals surface area contributed by atoms with E-state index in [1.54, 1.807) is 6.07 Å². The lowest BCUT2D eigenvalue weighted by atomic mass is 10.2. The monoisotopic (exact) mass is 186 g/mol. The van der Waals surface area contributed by atoms with Gasteiger partial charge in [0.05, 0.1) is 0 Å². The van der Waals surface area contributed by atoms with Gasteiger partial charge in [0.25, 0.3) is 0 Å². The molecule has 0 bridgehead atoms. The molecule has 2 nitrogen and oxygen atoms in total. The Kier molecular flexibility index (Phi) is 2.24. The molecule has 0 unspecified atom stereocenters. The molecule has 0 N–H and O–H groups in total. The molecular formula is C8H5F3N2. The summed E-state index contributed by atoms with van der Waals surface area (Å²) in [6, 6.07) is 4.04. The lowest BCUT2D eigenvalue weighted by molar-refractivity contribution is -0.141. The Hall–Kier alpha value is -1.57. The molecule has 0 radical (unpaired) electrons. The summed E-state index contributed by atoms with van der Waals surface area (Å²) in [6.07, 6.45) is -4.49.